The van der Waals surface area contributed by atoms with Crippen LogP contribution in [0.3, 0.4) is 0 Å². The van der Waals surface area contributed by atoms with Crippen molar-refractivity contribution in [3.8, 4) is 0 Å². The van der Waals surface area contributed by atoms with Crippen molar-refractivity contribution in [2.45, 2.75) is 32.9 Å². The smallest absolute Gasteiger partial charge is 0.219 e. The molecule has 0 spiro atoms. The van der Waals surface area contributed by atoms with Gasteiger partial charge in [0.25, 0.3) is 0 Å². The molecule has 12 heavy (non-hydrogen) atoms. The Balaban J connectivity index is 2.61. The fraction of sp³-hybridized carbons (Fsp3) is 0.889. The molecule has 3 heteroatoms. The molecule has 0 aliphatic carbocycles. The number of amides is 1. The van der Waals surface area contributed by atoms with Gasteiger partial charge in [-0.3, -0.25) is 9.69 Å². The molecule has 0 aromatic carbocycles. The lowest BCUT2D eigenvalue weighted by Crippen LogP contribution is -2.56. The van der Waals surface area contributed by atoms with Crippen LogP contribution < -0.4 is 0 Å². The van der Waals surface area contributed by atoms with Crippen LogP contribution in [-0.2, 0) is 4.79 Å². The predicted octanol–water partition coefficient (Wildman–Crippen LogP) is 0.557. The summed E-state index contributed by atoms with van der Waals surface area (Å²) in [4.78, 5) is 15.4. The van der Waals surface area contributed by atoms with E-state index in [1.807, 2.05) is 4.90 Å². The Morgan fingerprint density at radius 3 is 2.33 bits per heavy atom. The number of rotatable bonds is 0. The van der Waals surface area contributed by atoms with Crippen LogP contribution in [0.4, 0.5) is 0 Å². The van der Waals surface area contributed by atoms with Gasteiger partial charge < -0.3 is 4.90 Å². The highest BCUT2D eigenvalue weighted by Gasteiger charge is 2.27. The van der Waals surface area contributed by atoms with Crippen LogP contribution in [0.1, 0.15) is 20.8 Å². The van der Waals surface area contributed by atoms with Gasteiger partial charge in [-0.2, -0.15) is 0 Å². The molecule has 70 valence electrons. The molecule has 1 saturated heterocycles. The van der Waals surface area contributed by atoms with E-state index in [4.69, 9.17) is 0 Å². The summed E-state index contributed by atoms with van der Waals surface area (Å²) in [5, 5.41) is 0. The summed E-state index contributed by atoms with van der Waals surface area (Å²) in [6.45, 7) is 7.76. The van der Waals surface area contributed by atoms with E-state index < -0.39 is 0 Å². The molecule has 1 aliphatic rings. The molecule has 0 saturated carbocycles. The fourth-order valence-electron chi connectivity index (χ4n) is 1.74. The predicted molar refractivity (Wildman–Crippen MR) is 48.9 cm³/mol. The van der Waals surface area contributed by atoms with E-state index in [2.05, 4.69) is 25.8 Å². The Morgan fingerprint density at radius 2 is 1.83 bits per heavy atom. The Morgan fingerprint density at radius 1 is 1.25 bits per heavy atom. The minimum absolute atomic E-state index is 0.197. The third-order valence-corrected chi connectivity index (χ3v) is 2.70. The molecule has 1 fully saturated rings. The molecule has 1 amide bonds. The normalized spacial score (nSPS) is 32.2. The summed E-state index contributed by atoms with van der Waals surface area (Å²) in [7, 11) is 2.11. The number of hydrogen-bond acceptors (Lipinski definition) is 2. The highest BCUT2D eigenvalue weighted by atomic mass is 16.2. The van der Waals surface area contributed by atoms with Crippen molar-refractivity contribution in [3.63, 3.8) is 0 Å². The Hall–Kier alpha value is -0.570. The van der Waals surface area contributed by atoms with Gasteiger partial charge in [0.05, 0.1) is 0 Å². The topological polar surface area (TPSA) is 23.6 Å². The van der Waals surface area contributed by atoms with Crippen LogP contribution in [-0.4, -0.2) is 47.9 Å². The molecular formula is C9H18N2O. The summed E-state index contributed by atoms with van der Waals surface area (Å²) in [6, 6.07) is 0.855. The lowest BCUT2D eigenvalue weighted by molar-refractivity contribution is -0.134. The van der Waals surface area contributed by atoms with Gasteiger partial charge in [0.2, 0.25) is 5.91 Å². The summed E-state index contributed by atoms with van der Waals surface area (Å²) in [5.41, 5.74) is 0. The standard InChI is InChI=1S/C9H18N2O/c1-7-6-11(9(3)12)8(2)5-10(7)4/h7-8H,5-6H2,1-4H3/t7-,8+/m0/s1. The van der Waals surface area contributed by atoms with Gasteiger partial charge in [-0.15, -0.1) is 0 Å². The Bertz CT molecular complexity index is 181. The maximum absolute atomic E-state index is 11.2. The van der Waals surface area contributed by atoms with Gasteiger partial charge in [0.1, 0.15) is 0 Å². The maximum atomic E-state index is 11.2. The van der Waals surface area contributed by atoms with E-state index in [0.29, 0.717) is 12.1 Å². The van der Waals surface area contributed by atoms with Crippen molar-refractivity contribution in [3.05, 3.63) is 0 Å². The molecule has 0 aromatic rings. The van der Waals surface area contributed by atoms with E-state index in [-0.39, 0.29) is 5.91 Å². The average Bonchev–Trinajstić information content (AvgIpc) is 1.96. The largest absolute Gasteiger partial charge is 0.337 e. The summed E-state index contributed by atoms with van der Waals surface area (Å²) >= 11 is 0. The highest BCUT2D eigenvalue weighted by molar-refractivity contribution is 5.73. The van der Waals surface area contributed by atoms with Gasteiger partial charge in [-0.25, -0.2) is 0 Å². The van der Waals surface area contributed by atoms with Crippen LogP contribution in [0.15, 0.2) is 0 Å². The van der Waals surface area contributed by atoms with E-state index in [0.717, 1.165) is 13.1 Å². The second-order valence-electron chi connectivity index (χ2n) is 3.81. The van der Waals surface area contributed by atoms with Crippen molar-refractivity contribution in [2.24, 2.45) is 0 Å². The van der Waals surface area contributed by atoms with Crippen molar-refractivity contribution < 1.29 is 4.79 Å². The van der Waals surface area contributed by atoms with Crippen LogP contribution >= 0.6 is 0 Å². The molecule has 3 nitrogen and oxygen atoms in total. The van der Waals surface area contributed by atoms with Crippen molar-refractivity contribution in [1.82, 2.24) is 9.80 Å². The summed E-state index contributed by atoms with van der Waals surface area (Å²) in [6.07, 6.45) is 0. The molecule has 0 unspecified atom stereocenters. The zero-order chi connectivity index (χ0) is 9.30. The lowest BCUT2D eigenvalue weighted by Gasteiger charge is -2.42. The van der Waals surface area contributed by atoms with E-state index in [1.54, 1.807) is 6.92 Å². The van der Waals surface area contributed by atoms with Gasteiger partial charge in [0.15, 0.2) is 0 Å². The molecule has 0 N–H and O–H groups in total. The minimum Gasteiger partial charge on any atom is -0.337 e. The second kappa shape index (κ2) is 3.44. The van der Waals surface area contributed by atoms with Crippen molar-refractivity contribution in [1.29, 1.82) is 0 Å². The van der Waals surface area contributed by atoms with Gasteiger partial charge in [-0.1, -0.05) is 0 Å². The van der Waals surface area contributed by atoms with Gasteiger partial charge >= 0.3 is 0 Å². The van der Waals surface area contributed by atoms with Crippen LogP contribution in [0.5, 0.6) is 0 Å². The molecule has 0 radical (unpaired) electrons. The molecular weight excluding hydrogens is 152 g/mol. The van der Waals surface area contributed by atoms with Crippen LogP contribution in [0.25, 0.3) is 0 Å². The first-order valence-corrected chi connectivity index (χ1v) is 4.49. The molecule has 1 heterocycles. The first-order chi connectivity index (χ1) is 5.52. The number of carbonyl (C=O) groups excluding carboxylic acids is 1. The van der Waals surface area contributed by atoms with Gasteiger partial charge in [0, 0.05) is 32.1 Å². The van der Waals surface area contributed by atoms with Crippen LogP contribution in [0, 0.1) is 0 Å². The lowest BCUT2D eigenvalue weighted by atomic mass is 10.1. The first-order valence-electron chi connectivity index (χ1n) is 4.49. The summed E-state index contributed by atoms with van der Waals surface area (Å²) < 4.78 is 0. The second-order valence-corrected chi connectivity index (χ2v) is 3.81. The van der Waals surface area contributed by atoms with E-state index in [9.17, 15) is 4.79 Å². The zero-order valence-electron chi connectivity index (χ0n) is 8.37. The monoisotopic (exact) mass is 170 g/mol. The molecule has 2 atom stereocenters. The Labute approximate surface area is 74.3 Å². The average molecular weight is 170 g/mol. The van der Waals surface area contributed by atoms with Crippen molar-refractivity contribution >= 4 is 5.91 Å². The SMILES string of the molecule is CC(=O)N1C[C@H](C)N(C)C[C@H]1C. The van der Waals surface area contributed by atoms with Gasteiger partial charge in [-0.05, 0) is 20.9 Å². The first kappa shape index (κ1) is 9.52. The number of nitrogens with zero attached hydrogens (tertiary/aromatic N) is 2. The van der Waals surface area contributed by atoms with E-state index >= 15 is 0 Å². The highest BCUT2D eigenvalue weighted by Crippen LogP contribution is 2.12. The molecule has 1 aliphatic heterocycles. The van der Waals surface area contributed by atoms with Crippen LogP contribution in [0.2, 0.25) is 0 Å². The molecule has 0 bridgehead atoms. The third-order valence-electron chi connectivity index (χ3n) is 2.70. The Kier molecular flexibility index (Phi) is 2.73. The number of carbonyl (C=O) groups is 1. The number of likely N-dealkylation sites (N-methyl/N-ethyl adjacent to an activating group) is 1. The maximum Gasteiger partial charge on any atom is 0.219 e. The van der Waals surface area contributed by atoms with E-state index in [1.165, 1.54) is 0 Å². The number of hydrogen-bond donors (Lipinski definition) is 0. The molecule has 1 rings (SSSR count). The number of piperazine rings is 1. The quantitative estimate of drug-likeness (QED) is 0.530. The van der Waals surface area contributed by atoms with Crippen molar-refractivity contribution in [2.75, 3.05) is 20.1 Å². The molecule has 0 aromatic heterocycles. The minimum atomic E-state index is 0.197. The third kappa shape index (κ3) is 1.78. The summed E-state index contributed by atoms with van der Waals surface area (Å²) in [5.74, 6) is 0.197. The zero-order valence-corrected chi connectivity index (χ0v) is 8.37. The fourth-order valence-corrected chi connectivity index (χ4v) is 1.74.